The maximum absolute atomic E-state index is 14.4. The van der Waals surface area contributed by atoms with Gasteiger partial charge in [0.2, 0.25) is 5.91 Å². The maximum atomic E-state index is 14.4. The zero-order chi connectivity index (χ0) is 46.8. The summed E-state index contributed by atoms with van der Waals surface area (Å²) in [5.41, 5.74) is 6.81. The fourth-order valence-electron chi connectivity index (χ4n) is 9.60. The first kappa shape index (κ1) is 45.6. The molecule has 2 saturated heterocycles. The number of benzene rings is 3. The van der Waals surface area contributed by atoms with E-state index in [9.17, 15) is 19.2 Å². The van der Waals surface area contributed by atoms with Crippen LogP contribution in [0, 0.1) is 11.8 Å². The van der Waals surface area contributed by atoms with Crippen molar-refractivity contribution in [1.29, 1.82) is 0 Å². The molecule has 0 saturated carbocycles. The predicted octanol–water partition coefficient (Wildman–Crippen LogP) is 8.05. The molecular weight excluding hydrogens is 841 g/mol. The van der Waals surface area contributed by atoms with Gasteiger partial charge in [-0.15, -0.1) is 0 Å². The summed E-state index contributed by atoms with van der Waals surface area (Å²) in [6.45, 7) is 13.0. The Morgan fingerprint density at radius 3 is 2.47 bits per heavy atom. The molecule has 2 fully saturated rings. The van der Waals surface area contributed by atoms with E-state index in [1.807, 2.05) is 56.9 Å². The van der Waals surface area contributed by atoms with E-state index in [1.165, 1.54) is 14.2 Å². The molecular formula is C50H58N8O8. The van der Waals surface area contributed by atoms with E-state index in [4.69, 9.17) is 28.9 Å². The van der Waals surface area contributed by atoms with Gasteiger partial charge in [0, 0.05) is 36.6 Å². The van der Waals surface area contributed by atoms with Crippen LogP contribution in [0.2, 0.25) is 0 Å². The van der Waals surface area contributed by atoms with Crippen molar-refractivity contribution < 1.29 is 38.1 Å². The first-order valence-corrected chi connectivity index (χ1v) is 22.4. The normalized spacial score (nSPS) is 20.1. The minimum atomic E-state index is -1.06. The fraction of sp³-hybridized carbons (Fsp3) is 0.400. The summed E-state index contributed by atoms with van der Waals surface area (Å²) in [6, 6.07) is 12.0. The second-order valence-corrected chi connectivity index (χ2v) is 17.6. The zero-order valence-electron chi connectivity index (χ0n) is 38.5. The number of nitrogens with one attached hydrogen (secondary N) is 4. The molecule has 0 spiro atoms. The predicted molar refractivity (Wildman–Crippen MR) is 250 cm³/mol. The molecule has 8 rings (SSSR count). The van der Waals surface area contributed by atoms with Crippen LogP contribution in [-0.2, 0) is 30.4 Å². The Hall–Kier alpha value is -6.94. The molecule has 0 aliphatic carbocycles. The van der Waals surface area contributed by atoms with Crippen LogP contribution in [-0.4, -0.2) is 106 Å². The third-order valence-corrected chi connectivity index (χ3v) is 13.0. The van der Waals surface area contributed by atoms with E-state index in [1.54, 1.807) is 30.4 Å². The van der Waals surface area contributed by atoms with Crippen LogP contribution in [0.5, 0.6) is 5.75 Å². The largest absolute Gasteiger partial charge is 0.488 e. The molecule has 0 unspecified atom stereocenters. The third kappa shape index (κ3) is 8.89. The number of H-pyrrole nitrogens is 2. The molecule has 5 aromatic rings. The summed E-state index contributed by atoms with van der Waals surface area (Å²) in [4.78, 5) is 73.4. The second-order valence-electron chi connectivity index (χ2n) is 17.6. The number of amides is 4. The molecule has 16 heteroatoms. The molecule has 4 amide bonds. The summed E-state index contributed by atoms with van der Waals surface area (Å²) < 4.78 is 21.7. The molecule has 3 aromatic carbocycles. The van der Waals surface area contributed by atoms with Crippen molar-refractivity contribution in [2.24, 2.45) is 11.8 Å². The minimum Gasteiger partial charge on any atom is -0.488 e. The Morgan fingerprint density at radius 2 is 1.73 bits per heavy atom. The van der Waals surface area contributed by atoms with Gasteiger partial charge in [0.25, 0.3) is 5.91 Å². The number of likely N-dealkylation sites (tertiary alicyclic amines) is 2. The smallest absolute Gasteiger partial charge is 0.407 e. The number of rotatable bonds is 13. The highest BCUT2D eigenvalue weighted by atomic mass is 16.5. The molecule has 346 valence electrons. The quantitative estimate of drug-likeness (QED) is 0.0841. The number of fused-ring (bicyclic) bond motifs is 6. The van der Waals surface area contributed by atoms with Crippen molar-refractivity contribution in [1.82, 2.24) is 40.4 Å². The molecule has 3 aliphatic heterocycles. The molecule has 6 atom stereocenters. The van der Waals surface area contributed by atoms with Crippen LogP contribution in [0.1, 0.15) is 76.3 Å². The lowest BCUT2D eigenvalue weighted by atomic mass is 9.92. The molecule has 0 radical (unpaired) electrons. The van der Waals surface area contributed by atoms with Crippen LogP contribution in [0.3, 0.4) is 0 Å². The Kier molecular flexibility index (Phi) is 13.3. The van der Waals surface area contributed by atoms with Gasteiger partial charge >= 0.3 is 12.2 Å². The number of nitrogens with zero attached hydrogens (tertiary/aromatic N) is 4. The van der Waals surface area contributed by atoms with E-state index in [0.29, 0.717) is 43.4 Å². The Bertz CT molecular complexity index is 2740. The van der Waals surface area contributed by atoms with Crippen LogP contribution >= 0.6 is 0 Å². The standard InChI is InChI=1S/C50H58N8O8/c1-9-10-11-12-28(4)43(56-50(62)65-8)47(59)57-24-30(25-63-6)19-40(57)46-52-37-17-15-31-21-36-34-16-14-32(20-33(34)26-66-41(36)22-35(31)44(37)54-46)38-23-51-45(53-38)39-18-13-29(5)58(39)48(60)42(27(2)3)55-49(61)64-7/h9-12,14-17,20-23,27,29-30,39-40,42-43H,4,13,18-19,24-26H2,1-3,5-8H3,(H,51,53)(H,52,54)(H,55,61)(H,56,62)/b10-9-,12-11-/t29-,30-,39-,40-,42-,43+/m0/s1. The highest BCUT2D eigenvalue weighted by molar-refractivity contribution is 6.07. The Morgan fingerprint density at radius 1 is 0.939 bits per heavy atom. The molecule has 66 heavy (non-hydrogen) atoms. The Labute approximate surface area is 383 Å². The lowest BCUT2D eigenvalue weighted by Crippen LogP contribution is -2.52. The molecule has 5 heterocycles. The number of hydrogen-bond donors (Lipinski definition) is 4. The van der Waals surface area contributed by atoms with Crippen LogP contribution in [0.4, 0.5) is 9.59 Å². The number of imidazole rings is 2. The van der Waals surface area contributed by atoms with Crippen molar-refractivity contribution in [2.45, 2.75) is 83.8 Å². The van der Waals surface area contributed by atoms with Gasteiger partial charge in [-0.25, -0.2) is 19.6 Å². The van der Waals surface area contributed by atoms with Gasteiger partial charge in [0.05, 0.1) is 55.8 Å². The second kappa shape index (κ2) is 19.3. The van der Waals surface area contributed by atoms with E-state index in [0.717, 1.165) is 68.3 Å². The molecule has 0 bridgehead atoms. The molecule has 4 N–H and O–H groups in total. The third-order valence-electron chi connectivity index (χ3n) is 13.0. The number of allylic oxidation sites excluding steroid dienone is 3. The summed E-state index contributed by atoms with van der Waals surface area (Å²) in [6.07, 6.45) is 9.74. The Balaban J connectivity index is 1.06. The lowest BCUT2D eigenvalue weighted by molar-refractivity contribution is -0.137. The first-order valence-electron chi connectivity index (χ1n) is 22.4. The van der Waals surface area contributed by atoms with E-state index in [2.05, 4.69) is 57.5 Å². The number of aromatic nitrogens is 4. The SMILES string of the molecule is C=C(/C=C\C=C/C)[C@@H](NC(=O)OC)C(=O)N1C[C@@H](COC)C[C@H]1c1nc2ccc3cc4c(cc3c2[nH]1)OCc1cc(-c2cnc([C@@H]3CC[C@H](C)N3C(=O)[C@@H](NC(=O)OC)C(C)C)[nH]2)ccc1-4. The van der Waals surface area contributed by atoms with Crippen LogP contribution in [0.15, 0.2) is 85.1 Å². The van der Waals surface area contributed by atoms with E-state index < -0.39 is 30.3 Å². The van der Waals surface area contributed by atoms with Crippen LogP contribution < -0.4 is 15.4 Å². The number of alkyl carbamates (subject to hydrolysis) is 2. The number of ether oxygens (including phenoxy) is 4. The molecule has 3 aliphatic rings. The van der Waals surface area contributed by atoms with Crippen molar-refractivity contribution >= 4 is 45.8 Å². The number of carbonyl (C=O) groups excluding carboxylic acids is 4. The number of methoxy groups -OCH3 is 3. The fourth-order valence-corrected chi connectivity index (χ4v) is 9.60. The lowest BCUT2D eigenvalue weighted by Gasteiger charge is -2.32. The highest BCUT2D eigenvalue weighted by Gasteiger charge is 2.43. The molecule has 2 aromatic heterocycles. The molecule has 16 nitrogen and oxygen atoms in total. The minimum absolute atomic E-state index is 0.0269. The summed E-state index contributed by atoms with van der Waals surface area (Å²) in [7, 11) is 4.19. The van der Waals surface area contributed by atoms with Gasteiger partial charge in [-0.05, 0) is 90.9 Å². The van der Waals surface area contributed by atoms with Gasteiger partial charge in [-0.1, -0.05) is 62.9 Å². The van der Waals surface area contributed by atoms with E-state index in [-0.39, 0.29) is 35.7 Å². The topological polar surface area (TPSA) is 193 Å². The van der Waals surface area contributed by atoms with Gasteiger partial charge in [0.1, 0.15) is 36.1 Å². The van der Waals surface area contributed by atoms with Crippen LogP contribution in [0.25, 0.3) is 44.2 Å². The van der Waals surface area contributed by atoms with Crippen molar-refractivity contribution in [2.75, 3.05) is 34.5 Å². The number of hydrogen-bond acceptors (Lipinski definition) is 10. The number of aromatic amines is 2. The monoisotopic (exact) mass is 898 g/mol. The van der Waals surface area contributed by atoms with Gasteiger partial charge in [-0.3, -0.25) is 9.59 Å². The average molecular weight is 899 g/mol. The van der Waals surface area contributed by atoms with Gasteiger partial charge < -0.3 is 49.3 Å². The maximum Gasteiger partial charge on any atom is 0.407 e. The number of carbonyl (C=O) groups is 4. The van der Waals surface area contributed by atoms with Gasteiger partial charge in [-0.2, -0.15) is 0 Å². The highest BCUT2D eigenvalue weighted by Crippen LogP contribution is 2.44. The summed E-state index contributed by atoms with van der Waals surface area (Å²) in [5, 5.41) is 7.33. The van der Waals surface area contributed by atoms with Crippen molar-refractivity contribution in [3.05, 3.63) is 102 Å². The van der Waals surface area contributed by atoms with Crippen molar-refractivity contribution in [3.8, 4) is 28.1 Å². The summed E-state index contributed by atoms with van der Waals surface area (Å²) in [5.74, 6) is 1.49. The van der Waals surface area contributed by atoms with E-state index >= 15 is 0 Å². The van der Waals surface area contributed by atoms with Gasteiger partial charge in [0.15, 0.2) is 0 Å². The average Bonchev–Trinajstić information content (AvgIpc) is 4.14. The first-order chi connectivity index (χ1) is 31.8. The zero-order valence-corrected chi connectivity index (χ0v) is 38.5. The summed E-state index contributed by atoms with van der Waals surface area (Å²) >= 11 is 0. The van der Waals surface area contributed by atoms with Crippen molar-refractivity contribution in [3.63, 3.8) is 0 Å².